The molecule has 0 radical (unpaired) electrons. The van der Waals surface area contributed by atoms with Crippen LogP contribution in [-0.2, 0) is 4.74 Å². The van der Waals surface area contributed by atoms with Gasteiger partial charge < -0.3 is 24.9 Å². The van der Waals surface area contributed by atoms with Gasteiger partial charge in [0, 0.05) is 31.0 Å². The average molecular weight is 447 g/mol. The number of amides is 1. The van der Waals surface area contributed by atoms with Crippen molar-refractivity contribution in [1.82, 2.24) is 20.3 Å². The van der Waals surface area contributed by atoms with Crippen LogP contribution in [0, 0.1) is 0 Å². The van der Waals surface area contributed by atoms with Gasteiger partial charge in [-0.05, 0) is 61.9 Å². The van der Waals surface area contributed by atoms with Gasteiger partial charge in [0.2, 0.25) is 5.88 Å². The molecule has 3 N–H and O–H groups in total. The molecule has 4 rings (SSSR count). The van der Waals surface area contributed by atoms with Gasteiger partial charge in [-0.25, -0.2) is 9.97 Å². The molecule has 170 valence electrons. The van der Waals surface area contributed by atoms with Crippen molar-refractivity contribution >= 4 is 16.9 Å². The second kappa shape index (κ2) is 8.91. The topological polar surface area (TPSA) is 109 Å². The van der Waals surface area contributed by atoms with Crippen molar-refractivity contribution in [2.24, 2.45) is 0 Å². The highest BCUT2D eigenvalue weighted by atomic mass is 16.5. The first-order valence-electron chi connectivity index (χ1n) is 10.5. The highest BCUT2D eigenvalue weighted by molar-refractivity contribution is 5.97. The number of aromatic nitrogens is 3. The van der Waals surface area contributed by atoms with Crippen molar-refractivity contribution in [3.8, 4) is 34.1 Å². The number of ether oxygens (including phenoxy) is 2. The molecule has 0 fully saturated rings. The summed E-state index contributed by atoms with van der Waals surface area (Å²) in [5.74, 6) is 0.858. The summed E-state index contributed by atoms with van der Waals surface area (Å²) in [5.41, 5.74) is 3.56. The molecule has 33 heavy (non-hydrogen) atoms. The molecule has 2 heterocycles. The summed E-state index contributed by atoms with van der Waals surface area (Å²) >= 11 is 0. The van der Waals surface area contributed by atoms with Crippen LogP contribution in [0.15, 0.2) is 54.7 Å². The zero-order valence-corrected chi connectivity index (χ0v) is 19.0. The number of carbonyl (C=O) groups is 1. The largest absolute Gasteiger partial charge is 0.507 e. The van der Waals surface area contributed by atoms with Crippen LogP contribution in [0.4, 0.5) is 0 Å². The minimum Gasteiger partial charge on any atom is -0.507 e. The molecule has 0 saturated carbocycles. The van der Waals surface area contributed by atoms with Crippen LogP contribution in [0.2, 0.25) is 0 Å². The van der Waals surface area contributed by atoms with Gasteiger partial charge in [0.05, 0.1) is 29.3 Å². The molecule has 0 aliphatic heterocycles. The van der Waals surface area contributed by atoms with Gasteiger partial charge in [0.25, 0.3) is 5.91 Å². The number of aromatic hydroxyl groups is 1. The number of fused-ring (bicyclic) bond motifs is 1. The van der Waals surface area contributed by atoms with Gasteiger partial charge in [-0.3, -0.25) is 4.79 Å². The number of nitrogens with one attached hydrogen (secondary N) is 2. The number of rotatable bonds is 7. The molecule has 4 aromatic rings. The van der Waals surface area contributed by atoms with E-state index in [0.29, 0.717) is 34.9 Å². The van der Waals surface area contributed by atoms with Crippen molar-refractivity contribution in [2.45, 2.75) is 19.4 Å². The van der Waals surface area contributed by atoms with Gasteiger partial charge >= 0.3 is 0 Å². The molecule has 0 unspecified atom stereocenters. The molecular formula is C25H26N4O4. The van der Waals surface area contributed by atoms with Crippen LogP contribution in [0.1, 0.15) is 24.2 Å². The predicted molar refractivity (Wildman–Crippen MR) is 126 cm³/mol. The third-order valence-electron chi connectivity index (χ3n) is 5.50. The van der Waals surface area contributed by atoms with Crippen LogP contribution >= 0.6 is 0 Å². The Bertz CT molecular complexity index is 1310. The number of nitrogens with zero attached hydrogens (tertiary/aromatic N) is 2. The number of H-pyrrole nitrogens is 1. The highest BCUT2D eigenvalue weighted by Crippen LogP contribution is 2.35. The zero-order chi connectivity index (χ0) is 23.6. The summed E-state index contributed by atoms with van der Waals surface area (Å²) in [6.45, 7) is 4.18. The third-order valence-corrected chi connectivity index (χ3v) is 5.50. The number of phenolic OH excluding ortho intramolecular Hbond substituents is 1. The van der Waals surface area contributed by atoms with Crippen LogP contribution in [-0.4, -0.2) is 52.3 Å². The van der Waals surface area contributed by atoms with Crippen LogP contribution < -0.4 is 10.1 Å². The summed E-state index contributed by atoms with van der Waals surface area (Å²) in [6.07, 6.45) is 1.66. The van der Waals surface area contributed by atoms with Crippen molar-refractivity contribution in [2.75, 3.05) is 20.8 Å². The fourth-order valence-electron chi connectivity index (χ4n) is 3.41. The van der Waals surface area contributed by atoms with Crippen molar-refractivity contribution in [3.63, 3.8) is 0 Å². The minimum atomic E-state index is -0.460. The summed E-state index contributed by atoms with van der Waals surface area (Å²) < 4.78 is 10.7. The maximum Gasteiger partial charge on any atom is 0.251 e. The lowest BCUT2D eigenvalue weighted by atomic mass is 10.0. The molecule has 0 saturated heterocycles. The monoisotopic (exact) mass is 446 g/mol. The Labute approximate surface area is 191 Å². The van der Waals surface area contributed by atoms with E-state index in [0.717, 1.165) is 16.6 Å². The van der Waals surface area contributed by atoms with E-state index >= 15 is 0 Å². The van der Waals surface area contributed by atoms with Crippen molar-refractivity contribution in [1.29, 1.82) is 0 Å². The molecule has 8 nitrogen and oxygen atoms in total. The van der Waals surface area contributed by atoms with Crippen molar-refractivity contribution in [3.05, 3.63) is 60.3 Å². The van der Waals surface area contributed by atoms with E-state index in [4.69, 9.17) is 9.47 Å². The summed E-state index contributed by atoms with van der Waals surface area (Å²) in [5, 5.41) is 13.4. The number of hydrogen-bond donors (Lipinski definition) is 3. The average Bonchev–Trinajstić information content (AvgIpc) is 3.26. The number of carbonyl (C=O) groups excluding carboxylic acids is 1. The van der Waals surface area contributed by atoms with Crippen LogP contribution in [0.3, 0.4) is 0 Å². The zero-order valence-electron chi connectivity index (χ0n) is 19.0. The third kappa shape index (κ3) is 4.65. The molecule has 1 amide bonds. The van der Waals surface area contributed by atoms with Crippen LogP contribution in [0.5, 0.6) is 11.6 Å². The number of methoxy groups -OCH3 is 2. The number of imidazole rings is 1. The summed E-state index contributed by atoms with van der Waals surface area (Å²) in [4.78, 5) is 24.7. The number of hydrogen-bond acceptors (Lipinski definition) is 6. The van der Waals surface area contributed by atoms with Gasteiger partial charge in [-0.2, -0.15) is 0 Å². The molecule has 0 aliphatic carbocycles. The quantitative estimate of drug-likeness (QED) is 0.393. The Hall–Kier alpha value is -3.91. The maximum atomic E-state index is 12.6. The van der Waals surface area contributed by atoms with E-state index < -0.39 is 5.60 Å². The SMILES string of the molecule is COc1ncccc1-c1ccc(O)c(-c2nc3cc(C(=O)NCC(C)(C)OC)ccc3[nH]2)c1. The summed E-state index contributed by atoms with van der Waals surface area (Å²) in [6, 6.07) is 14.2. The minimum absolute atomic E-state index is 0.0837. The second-order valence-electron chi connectivity index (χ2n) is 8.26. The van der Waals surface area contributed by atoms with E-state index in [2.05, 4.69) is 20.3 Å². The van der Waals surface area contributed by atoms with Crippen LogP contribution in [0.25, 0.3) is 33.5 Å². The number of benzene rings is 2. The molecule has 8 heteroatoms. The van der Waals surface area contributed by atoms with Gasteiger partial charge in [0.1, 0.15) is 11.6 Å². The smallest absolute Gasteiger partial charge is 0.251 e. The molecule has 0 bridgehead atoms. The second-order valence-corrected chi connectivity index (χ2v) is 8.26. The molecule has 2 aromatic carbocycles. The molecule has 0 aliphatic rings. The van der Waals surface area contributed by atoms with Crippen molar-refractivity contribution < 1.29 is 19.4 Å². The summed E-state index contributed by atoms with van der Waals surface area (Å²) in [7, 11) is 3.18. The first-order chi connectivity index (χ1) is 15.8. The molecule has 2 aromatic heterocycles. The van der Waals surface area contributed by atoms with Gasteiger partial charge in [-0.15, -0.1) is 0 Å². The Kier molecular flexibility index (Phi) is 6.02. The first-order valence-corrected chi connectivity index (χ1v) is 10.5. The van der Waals surface area contributed by atoms with E-state index in [1.54, 1.807) is 50.7 Å². The fourth-order valence-corrected chi connectivity index (χ4v) is 3.41. The number of phenols is 1. The fraction of sp³-hybridized carbons (Fsp3) is 0.240. The van der Waals surface area contributed by atoms with E-state index in [-0.39, 0.29) is 11.7 Å². The Morgan fingerprint density at radius 2 is 1.94 bits per heavy atom. The predicted octanol–water partition coefficient (Wildman–Crippen LogP) is 4.16. The van der Waals surface area contributed by atoms with E-state index in [1.807, 2.05) is 32.0 Å². The Morgan fingerprint density at radius 1 is 1.12 bits per heavy atom. The lowest BCUT2D eigenvalue weighted by Gasteiger charge is -2.23. The molecule has 0 atom stereocenters. The Morgan fingerprint density at radius 3 is 2.70 bits per heavy atom. The van der Waals surface area contributed by atoms with Gasteiger partial charge in [-0.1, -0.05) is 6.07 Å². The lowest BCUT2D eigenvalue weighted by Crippen LogP contribution is -2.39. The van der Waals surface area contributed by atoms with E-state index in [9.17, 15) is 9.90 Å². The lowest BCUT2D eigenvalue weighted by molar-refractivity contribution is 0.0229. The van der Waals surface area contributed by atoms with Gasteiger partial charge in [0.15, 0.2) is 0 Å². The first kappa shape index (κ1) is 22.3. The van der Waals surface area contributed by atoms with E-state index in [1.165, 1.54) is 0 Å². The molecule has 0 spiro atoms. The number of aromatic amines is 1. The highest BCUT2D eigenvalue weighted by Gasteiger charge is 2.19. The number of pyridine rings is 1. The Balaban J connectivity index is 1.66. The maximum absolute atomic E-state index is 12.6. The molecular weight excluding hydrogens is 420 g/mol. The standard InChI is InChI=1S/C25H26N4O4/c1-25(2,33-4)14-27-23(31)16-7-9-19-20(13-16)29-22(28-19)18-12-15(8-10-21(18)30)17-6-5-11-26-24(17)32-3/h5-13,30H,14H2,1-4H3,(H,27,31)(H,28,29). The normalized spacial score (nSPS) is 11.5.